The van der Waals surface area contributed by atoms with Gasteiger partial charge in [-0.15, -0.1) is 11.3 Å². The summed E-state index contributed by atoms with van der Waals surface area (Å²) in [5.41, 5.74) is 4.99. The van der Waals surface area contributed by atoms with E-state index in [4.69, 9.17) is 31.6 Å². The highest BCUT2D eigenvalue weighted by atomic mass is 35.5. The summed E-state index contributed by atoms with van der Waals surface area (Å²) in [6.07, 6.45) is 5.28. The lowest BCUT2D eigenvalue weighted by Gasteiger charge is -2.32. The first-order valence-electron chi connectivity index (χ1n) is 12.3. The molecule has 1 aliphatic rings. The molecule has 4 aromatic rings. The molecule has 1 aliphatic heterocycles. The number of likely N-dealkylation sites (tertiary alicyclic amines) is 1. The number of thiophene rings is 1. The van der Waals surface area contributed by atoms with Crippen molar-refractivity contribution >= 4 is 45.2 Å². The molecule has 8 heteroatoms. The van der Waals surface area contributed by atoms with Crippen molar-refractivity contribution in [2.24, 2.45) is 0 Å². The van der Waals surface area contributed by atoms with Gasteiger partial charge in [0.15, 0.2) is 0 Å². The van der Waals surface area contributed by atoms with E-state index < -0.39 is 0 Å². The molecule has 3 heterocycles. The van der Waals surface area contributed by atoms with E-state index in [2.05, 4.69) is 16.3 Å². The predicted octanol–water partition coefficient (Wildman–Crippen LogP) is 7.37. The molecule has 188 valence electrons. The standard InChI is InChI=1S/C29H28ClN5OS/c1-19-16-21(6-5-12-31)17-20(2)26(19)36-28-27-25(11-15-37-27)33-29(34-28)32-23-9-13-35(14-10-23)18-22-7-3-4-8-24(22)30/h3-8,11,15-17,23H,9-10,13-14,18H2,1-2H3,(H,32,33,34)/b6-5+. The van der Waals surface area contributed by atoms with Gasteiger partial charge in [-0.2, -0.15) is 10.2 Å². The van der Waals surface area contributed by atoms with E-state index in [1.165, 1.54) is 11.6 Å². The van der Waals surface area contributed by atoms with Crippen molar-refractivity contribution in [2.45, 2.75) is 39.3 Å². The summed E-state index contributed by atoms with van der Waals surface area (Å²) < 4.78 is 7.33. The van der Waals surface area contributed by atoms with E-state index in [1.54, 1.807) is 17.4 Å². The van der Waals surface area contributed by atoms with E-state index in [0.29, 0.717) is 17.9 Å². The number of aryl methyl sites for hydroxylation is 2. The Morgan fingerprint density at radius 3 is 2.65 bits per heavy atom. The van der Waals surface area contributed by atoms with Crippen LogP contribution >= 0.6 is 22.9 Å². The fourth-order valence-corrected chi connectivity index (χ4v) is 5.68. The van der Waals surface area contributed by atoms with Crippen LogP contribution in [-0.4, -0.2) is 34.0 Å². The first kappa shape index (κ1) is 25.2. The predicted molar refractivity (Wildman–Crippen MR) is 151 cm³/mol. The lowest BCUT2D eigenvalue weighted by atomic mass is 10.0. The summed E-state index contributed by atoms with van der Waals surface area (Å²) in [4.78, 5) is 12.0. The monoisotopic (exact) mass is 529 g/mol. The Balaban J connectivity index is 1.30. The van der Waals surface area contributed by atoms with Crippen LogP contribution < -0.4 is 10.1 Å². The highest BCUT2D eigenvalue weighted by molar-refractivity contribution is 7.17. The van der Waals surface area contributed by atoms with Crippen LogP contribution in [0.15, 0.2) is 53.9 Å². The average molecular weight is 530 g/mol. The second kappa shape index (κ2) is 11.3. The number of ether oxygens (including phenoxy) is 1. The van der Waals surface area contributed by atoms with Crippen molar-refractivity contribution in [2.75, 3.05) is 18.4 Å². The number of fused-ring (bicyclic) bond motifs is 1. The molecular formula is C29H28ClN5OS. The first-order valence-corrected chi connectivity index (χ1v) is 13.6. The minimum atomic E-state index is 0.293. The van der Waals surface area contributed by atoms with Crippen LogP contribution in [0.5, 0.6) is 11.6 Å². The molecule has 0 bridgehead atoms. The van der Waals surface area contributed by atoms with Gasteiger partial charge in [0.1, 0.15) is 10.4 Å². The van der Waals surface area contributed by atoms with Gasteiger partial charge in [-0.1, -0.05) is 29.8 Å². The molecule has 2 aromatic carbocycles. The Morgan fingerprint density at radius 2 is 1.92 bits per heavy atom. The summed E-state index contributed by atoms with van der Waals surface area (Å²) in [6.45, 7) is 6.85. The van der Waals surface area contributed by atoms with Gasteiger partial charge in [-0.3, -0.25) is 4.90 Å². The number of hydrogen-bond donors (Lipinski definition) is 1. The van der Waals surface area contributed by atoms with Gasteiger partial charge < -0.3 is 10.1 Å². The van der Waals surface area contributed by atoms with Crippen molar-refractivity contribution in [1.82, 2.24) is 14.9 Å². The Kier molecular flexibility index (Phi) is 7.71. The third-order valence-corrected chi connectivity index (χ3v) is 7.84. The van der Waals surface area contributed by atoms with Gasteiger partial charge in [-0.05, 0) is 84.7 Å². The number of benzene rings is 2. The molecule has 5 rings (SSSR count). The Morgan fingerprint density at radius 1 is 1.16 bits per heavy atom. The molecule has 0 aliphatic carbocycles. The van der Waals surface area contributed by atoms with Gasteiger partial charge in [-0.25, -0.2) is 4.98 Å². The molecule has 0 amide bonds. The van der Waals surface area contributed by atoms with Crippen molar-refractivity contribution in [3.05, 3.63) is 81.2 Å². The summed E-state index contributed by atoms with van der Waals surface area (Å²) in [7, 11) is 0. The third kappa shape index (κ3) is 5.94. The minimum Gasteiger partial charge on any atom is -0.437 e. The normalized spacial score (nSPS) is 14.8. The summed E-state index contributed by atoms with van der Waals surface area (Å²) >= 11 is 7.93. The van der Waals surface area contributed by atoms with Crippen LogP contribution in [0, 0.1) is 25.2 Å². The molecule has 1 fully saturated rings. The van der Waals surface area contributed by atoms with Crippen molar-refractivity contribution in [3.8, 4) is 17.7 Å². The molecule has 0 atom stereocenters. The van der Waals surface area contributed by atoms with E-state index in [0.717, 1.165) is 70.2 Å². The Labute approximate surface area is 226 Å². The number of piperidine rings is 1. The van der Waals surface area contributed by atoms with Crippen LogP contribution in [0.2, 0.25) is 5.02 Å². The molecule has 0 spiro atoms. The van der Waals surface area contributed by atoms with Crippen LogP contribution in [0.3, 0.4) is 0 Å². The van der Waals surface area contributed by atoms with E-state index in [1.807, 2.05) is 61.7 Å². The molecule has 2 aromatic heterocycles. The molecule has 37 heavy (non-hydrogen) atoms. The van der Waals surface area contributed by atoms with Crippen LogP contribution in [0.4, 0.5) is 5.95 Å². The van der Waals surface area contributed by atoms with Gasteiger partial charge >= 0.3 is 0 Å². The summed E-state index contributed by atoms with van der Waals surface area (Å²) in [6, 6.07) is 16.4. The van der Waals surface area contributed by atoms with Gasteiger partial charge in [0, 0.05) is 36.8 Å². The SMILES string of the molecule is Cc1cc(/C=C/C#N)cc(C)c1Oc1nc(NC2CCN(Cc3ccccc3Cl)CC2)nc2ccsc12. The molecule has 6 nitrogen and oxygen atoms in total. The zero-order valence-corrected chi connectivity index (χ0v) is 22.4. The van der Waals surface area contributed by atoms with Crippen LogP contribution in [0.25, 0.3) is 16.3 Å². The number of allylic oxidation sites excluding steroid dienone is 1. The maximum atomic E-state index is 8.83. The number of nitriles is 1. The van der Waals surface area contributed by atoms with E-state index >= 15 is 0 Å². The smallest absolute Gasteiger partial charge is 0.242 e. The average Bonchev–Trinajstić information content (AvgIpc) is 3.36. The third-order valence-electron chi connectivity index (χ3n) is 6.58. The molecular weight excluding hydrogens is 502 g/mol. The van der Waals surface area contributed by atoms with Crippen molar-refractivity contribution in [1.29, 1.82) is 5.26 Å². The van der Waals surface area contributed by atoms with E-state index in [-0.39, 0.29) is 0 Å². The van der Waals surface area contributed by atoms with Gasteiger partial charge in [0.2, 0.25) is 11.8 Å². The second-order valence-corrected chi connectivity index (χ2v) is 10.6. The maximum Gasteiger partial charge on any atom is 0.242 e. The number of nitrogens with one attached hydrogen (secondary N) is 1. The number of anilines is 1. The highest BCUT2D eigenvalue weighted by Crippen LogP contribution is 2.36. The molecule has 0 unspecified atom stereocenters. The quantitative estimate of drug-likeness (QED) is 0.252. The Hall–Kier alpha value is -3.44. The zero-order chi connectivity index (χ0) is 25.8. The summed E-state index contributed by atoms with van der Waals surface area (Å²) in [5, 5.41) is 15.2. The molecule has 1 N–H and O–H groups in total. The van der Waals surface area contributed by atoms with Gasteiger partial charge in [0.05, 0.1) is 11.6 Å². The lowest BCUT2D eigenvalue weighted by molar-refractivity contribution is 0.211. The molecule has 1 saturated heterocycles. The topological polar surface area (TPSA) is 74.1 Å². The largest absolute Gasteiger partial charge is 0.437 e. The second-order valence-electron chi connectivity index (χ2n) is 9.32. The number of nitrogens with zero attached hydrogens (tertiary/aromatic N) is 4. The van der Waals surface area contributed by atoms with Crippen LogP contribution in [0.1, 0.15) is 35.1 Å². The number of halogens is 1. The van der Waals surface area contributed by atoms with Crippen LogP contribution in [-0.2, 0) is 6.54 Å². The molecule has 0 radical (unpaired) electrons. The fourth-order valence-electron chi connectivity index (χ4n) is 4.73. The number of aromatic nitrogens is 2. The van der Waals surface area contributed by atoms with E-state index in [9.17, 15) is 0 Å². The minimum absolute atomic E-state index is 0.293. The van der Waals surface area contributed by atoms with Crippen molar-refractivity contribution < 1.29 is 4.74 Å². The lowest BCUT2D eigenvalue weighted by Crippen LogP contribution is -2.39. The molecule has 0 saturated carbocycles. The van der Waals surface area contributed by atoms with Gasteiger partial charge in [0.25, 0.3) is 0 Å². The summed E-state index contributed by atoms with van der Waals surface area (Å²) in [5.74, 6) is 1.93. The Bertz CT molecular complexity index is 1460. The highest BCUT2D eigenvalue weighted by Gasteiger charge is 2.22. The number of hydrogen-bond acceptors (Lipinski definition) is 7. The zero-order valence-electron chi connectivity index (χ0n) is 20.9. The maximum absolute atomic E-state index is 8.83. The van der Waals surface area contributed by atoms with Crippen molar-refractivity contribution in [3.63, 3.8) is 0 Å². The fraction of sp³-hybridized carbons (Fsp3) is 0.276. The number of rotatable bonds is 7. The first-order chi connectivity index (χ1) is 18.0.